The van der Waals surface area contributed by atoms with Crippen LogP contribution < -0.4 is 5.32 Å². The second-order valence-electron chi connectivity index (χ2n) is 5.12. The van der Waals surface area contributed by atoms with Crippen LogP contribution in [0.5, 0.6) is 0 Å². The number of carbonyl (C=O) groups excluding carboxylic acids is 1. The van der Waals surface area contributed by atoms with E-state index < -0.39 is 0 Å². The molecular formula is C13H19NOS. The maximum atomic E-state index is 11.7. The largest absolute Gasteiger partial charge is 0.352 e. The van der Waals surface area contributed by atoms with Crippen molar-refractivity contribution in [2.45, 2.75) is 32.1 Å². The van der Waals surface area contributed by atoms with Crippen molar-refractivity contribution in [3.63, 3.8) is 0 Å². The van der Waals surface area contributed by atoms with E-state index in [0.29, 0.717) is 12.1 Å². The Hall–Kier alpha value is -0.960. The van der Waals surface area contributed by atoms with E-state index in [1.807, 2.05) is 12.1 Å². The van der Waals surface area contributed by atoms with Crippen molar-refractivity contribution >= 4 is 18.5 Å². The number of amides is 1. The molecule has 0 fully saturated rings. The maximum Gasteiger partial charge on any atom is 0.251 e. The highest BCUT2D eigenvalue weighted by molar-refractivity contribution is 7.80. The number of thiol groups is 1. The van der Waals surface area contributed by atoms with E-state index in [4.69, 9.17) is 0 Å². The Bertz CT molecular complexity index is 368. The molecule has 0 spiro atoms. The fraction of sp³-hybridized carbons (Fsp3) is 0.462. The number of hydrogen-bond donors (Lipinski definition) is 2. The summed E-state index contributed by atoms with van der Waals surface area (Å²) < 4.78 is 0. The van der Waals surface area contributed by atoms with E-state index in [2.05, 4.69) is 38.7 Å². The first-order valence-corrected chi connectivity index (χ1v) is 5.90. The monoisotopic (exact) mass is 237 g/mol. The van der Waals surface area contributed by atoms with Gasteiger partial charge in [0.25, 0.3) is 5.91 Å². The first-order chi connectivity index (χ1) is 7.38. The lowest BCUT2D eigenvalue weighted by atomic mass is 9.92. The van der Waals surface area contributed by atoms with Gasteiger partial charge in [-0.15, -0.1) is 12.6 Å². The molecule has 1 N–H and O–H groups in total. The summed E-state index contributed by atoms with van der Waals surface area (Å²) in [6.07, 6.45) is 0.972. The topological polar surface area (TPSA) is 29.1 Å². The van der Waals surface area contributed by atoms with Crippen LogP contribution >= 0.6 is 12.6 Å². The summed E-state index contributed by atoms with van der Waals surface area (Å²) in [6, 6.07) is 7.26. The molecule has 0 aliphatic carbocycles. The molecular weight excluding hydrogens is 218 g/mol. The molecule has 1 aromatic carbocycles. The lowest BCUT2D eigenvalue weighted by Crippen LogP contribution is -2.27. The van der Waals surface area contributed by atoms with E-state index in [1.54, 1.807) is 12.1 Å². The van der Waals surface area contributed by atoms with Crippen LogP contribution in [-0.2, 0) is 0 Å². The summed E-state index contributed by atoms with van der Waals surface area (Å²) in [6.45, 7) is 7.19. The Morgan fingerprint density at radius 3 is 2.62 bits per heavy atom. The summed E-state index contributed by atoms with van der Waals surface area (Å²) in [5.41, 5.74) is 0.917. The maximum absolute atomic E-state index is 11.7. The van der Waals surface area contributed by atoms with Gasteiger partial charge < -0.3 is 5.32 Å². The molecule has 0 saturated carbocycles. The minimum Gasteiger partial charge on any atom is -0.352 e. The van der Waals surface area contributed by atoms with Gasteiger partial charge in [0.1, 0.15) is 0 Å². The zero-order valence-electron chi connectivity index (χ0n) is 10.1. The van der Waals surface area contributed by atoms with Crippen LogP contribution in [0, 0.1) is 5.41 Å². The molecule has 0 radical (unpaired) electrons. The average molecular weight is 237 g/mol. The number of benzene rings is 1. The van der Waals surface area contributed by atoms with Gasteiger partial charge in [0.15, 0.2) is 0 Å². The standard InChI is InChI=1S/C13H19NOS/c1-13(2,3)7-8-14-12(15)10-5-4-6-11(16)9-10/h4-6,9,16H,7-8H2,1-3H3,(H,14,15). The normalized spacial score (nSPS) is 11.2. The lowest BCUT2D eigenvalue weighted by molar-refractivity contribution is 0.0949. The molecule has 1 rings (SSSR count). The van der Waals surface area contributed by atoms with E-state index >= 15 is 0 Å². The number of rotatable bonds is 3. The van der Waals surface area contributed by atoms with Gasteiger partial charge in [0.2, 0.25) is 0 Å². The van der Waals surface area contributed by atoms with Crippen LogP contribution in [0.15, 0.2) is 29.2 Å². The van der Waals surface area contributed by atoms with Crippen molar-refractivity contribution < 1.29 is 4.79 Å². The Morgan fingerprint density at radius 1 is 1.38 bits per heavy atom. The van der Waals surface area contributed by atoms with Crippen LogP contribution in [0.4, 0.5) is 0 Å². The highest BCUT2D eigenvalue weighted by atomic mass is 32.1. The van der Waals surface area contributed by atoms with E-state index in [-0.39, 0.29) is 11.3 Å². The average Bonchev–Trinajstić information content (AvgIpc) is 2.15. The van der Waals surface area contributed by atoms with E-state index in [1.165, 1.54) is 0 Å². The fourth-order valence-corrected chi connectivity index (χ4v) is 1.53. The van der Waals surface area contributed by atoms with E-state index in [0.717, 1.165) is 11.3 Å². The van der Waals surface area contributed by atoms with Crippen LogP contribution in [0.3, 0.4) is 0 Å². The van der Waals surface area contributed by atoms with Gasteiger partial charge in [-0.2, -0.15) is 0 Å². The molecule has 0 aliphatic rings. The lowest BCUT2D eigenvalue weighted by Gasteiger charge is -2.18. The van der Waals surface area contributed by atoms with Gasteiger partial charge >= 0.3 is 0 Å². The van der Waals surface area contributed by atoms with Crippen molar-refractivity contribution in [2.24, 2.45) is 5.41 Å². The predicted molar refractivity (Wildman–Crippen MR) is 70.1 cm³/mol. The summed E-state index contributed by atoms with van der Waals surface area (Å²) in [4.78, 5) is 12.5. The third-order valence-electron chi connectivity index (χ3n) is 2.27. The molecule has 1 amide bonds. The van der Waals surface area contributed by atoms with Gasteiger partial charge in [0.05, 0.1) is 0 Å². The summed E-state index contributed by atoms with van der Waals surface area (Å²) in [5.74, 6) is -0.0276. The molecule has 0 saturated heterocycles. The van der Waals surface area contributed by atoms with Crippen molar-refractivity contribution in [1.82, 2.24) is 5.32 Å². The second kappa shape index (κ2) is 5.39. The Morgan fingerprint density at radius 2 is 2.06 bits per heavy atom. The first kappa shape index (κ1) is 13.1. The zero-order valence-corrected chi connectivity index (χ0v) is 11.0. The highest BCUT2D eigenvalue weighted by Crippen LogP contribution is 2.17. The van der Waals surface area contributed by atoms with Crippen LogP contribution in [0.25, 0.3) is 0 Å². The molecule has 0 atom stereocenters. The molecule has 0 heterocycles. The minimum atomic E-state index is -0.0276. The summed E-state index contributed by atoms with van der Waals surface area (Å²) in [5, 5.41) is 2.91. The first-order valence-electron chi connectivity index (χ1n) is 5.46. The van der Waals surface area contributed by atoms with Gasteiger partial charge in [-0.1, -0.05) is 26.8 Å². The third kappa shape index (κ3) is 4.71. The molecule has 0 aromatic heterocycles. The zero-order chi connectivity index (χ0) is 12.2. The van der Waals surface area contributed by atoms with Crippen LogP contribution in [-0.4, -0.2) is 12.5 Å². The SMILES string of the molecule is CC(C)(C)CCNC(=O)c1cccc(S)c1. The Labute approximate surface area is 103 Å². The second-order valence-corrected chi connectivity index (χ2v) is 5.63. The molecule has 2 nitrogen and oxygen atoms in total. The quantitative estimate of drug-likeness (QED) is 0.777. The molecule has 0 aliphatic heterocycles. The van der Waals surface area contributed by atoms with Crippen molar-refractivity contribution in [2.75, 3.05) is 6.54 Å². The van der Waals surface area contributed by atoms with Crippen LogP contribution in [0.1, 0.15) is 37.6 Å². The molecule has 3 heteroatoms. The summed E-state index contributed by atoms with van der Waals surface area (Å²) in [7, 11) is 0. The molecule has 0 bridgehead atoms. The summed E-state index contributed by atoms with van der Waals surface area (Å²) >= 11 is 4.21. The Balaban J connectivity index is 2.47. The molecule has 16 heavy (non-hydrogen) atoms. The number of carbonyl (C=O) groups is 1. The predicted octanol–water partition coefficient (Wildman–Crippen LogP) is 3.14. The van der Waals surface area contributed by atoms with E-state index in [9.17, 15) is 4.79 Å². The minimum absolute atomic E-state index is 0.0276. The van der Waals surface area contributed by atoms with Crippen molar-refractivity contribution in [3.05, 3.63) is 29.8 Å². The Kier molecular flexibility index (Phi) is 4.42. The third-order valence-corrected chi connectivity index (χ3v) is 2.55. The molecule has 88 valence electrons. The number of nitrogens with one attached hydrogen (secondary N) is 1. The van der Waals surface area contributed by atoms with Crippen LogP contribution in [0.2, 0.25) is 0 Å². The van der Waals surface area contributed by atoms with Gasteiger partial charge in [-0.05, 0) is 30.0 Å². The van der Waals surface area contributed by atoms with Gasteiger partial charge in [-0.25, -0.2) is 0 Å². The van der Waals surface area contributed by atoms with Gasteiger partial charge in [0, 0.05) is 17.0 Å². The van der Waals surface area contributed by atoms with Crippen molar-refractivity contribution in [1.29, 1.82) is 0 Å². The number of hydrogen-bond acceptors (Lipinski definition) is 2. The molecule has 1 aromatic rings. The van der Waals surface area contributed by atoms with Crippen molar-refractivity contribution in [3.8, 4) is 0 Å². The molecule has 0 unspecified atom stereocenters. The highest BCUT2D eigenvalue weighted by Gasteiger charge is 2.11. The fourth-order valence-electron chi connectivity index (χ4n) is 1.30. The van der Waals surface area contributed by atoms with Gasteiger partial charge in [-0.3, -0.25) is 4.79 Å². The smallest absolute Gasteiger partial charge is 0.251 e.